The largest absolute Gasteiger partial charge is 0.389 e. The number of carbonyl (C=O) groups excluding carboxylic acids is 1. The van der Waals surface area contributed by atoms with Gasteiger partial charge in [0.05, 0.1) is 23.6 Å². The lowest BCUT2D eigenvalue weighted by Gasteiger charge is -2.12. The summed E-state index contributed by atoms with van der Waals surface area (Å²) in [5, 5.41) is 3.99. The van der Waals surface area contributed by atoms with Crippen LogP contribution in [-0.2, 0) is 6.54 Å². The molecular formula is C11H15BrF3N3O. The van der Waals surface area contributed by atoms with Crippen molar-refractivity contribution in [1.29, 1.82) is 0 Å². The normalized spacial score (nSPS) is 12.2. The van der Waals surface area contributed by atoms with E-state index >= 15 is 0 Å². The second-order valence-electron chi connectivity index (χ2n) is 4.41. The van der Waals surface area contributed by atoms with E-state index in [0.29, 0.717) is 17.6 Å². The lowest BCUT2D eigenvalue weighted by atomic mass is 10.1. The molecule has 0 bridgehead atoms. The molecule has 0 aliphatic carbocycles. The molecule has 0 aliphatic heterocycles. The predicted octanol–water partition coefficient (Wildman–Crippen LogP) is 2.73. The summed E-state index contributed by atoms with van der Waals surface area (Å²) in [6, 6.07) is 0. The van der Waals surface area contributed by atoms with Crippen LogP contribution in [0.3, 0.4) is 0 Å². The molecule has 0 spiro atoms. The van der Waals surface area contributed by atoms with E-state index < -0.39 is 24.8 Å². The van der Waals surface area contributed by atoms with Crippen LogP contribution in [0.5, 0.6) is 0 Å². The third kappa shape index (κ3) is 5.32. The average molecular weight is 342 g/mol. The van der Waals surface area contributed by atoms with E-state index in [9.17, 15) is 18.0 Å². The van der Waals surface area contributed by atoms with Crippen molar-refractivity contribution in [1.82, 2.24) is 14.7 Å². The van der Waals surface area contributed by atoms with Gasteiger partial charge in [-0.3, -0.25) is 9.48 Å². The van der Waals surface area contributed by atoms with Crippen molar-refractivity contribution < 1.29 is 18.0 Å². The number of alkyl halides is 3. The lowest BCUT2D eigenvalue weighted by Crippen LogP contribution is -2.22. The molecule has 0 N–H and O–H groups in total. The highest BCUT2D eigenvalue weighted by atomic mass is 79.9. The molecule has 0 amide bonds. The molecule has 0 radical (unpaired) electrons. The summed E-state index contributed by atoms with van der Waals surface area (Å²) in [6.45, 7) is 1.10. The molecule has 0 unspecified atom stereocenters. The first-order valence-corrected chi connectivity index (χ1v) is 6.46. The van der Waals surface area contributed by atoms with E-state index in [0.717, 1.165) is 0 Å². The molecule has 8 heteroatoms. The average Bonchev–Trinajstić information content (AvgIpc) is 2.64. The Hall–Kier alpha value is -0.890. The number of aromatic nitrogens is 2. The number of Topliss-reactive ketones (excluding diaryl/α,β-unsaturated/α-hetero) is 1. The minimum atomic E-state index is -4.32. The molecule has 0 aliphatic rings. The van der Waals surface area contributed by atoms with E-state index in [1.807, 2.05) is 19.0 Å². The van der Waals surface area contributed by atoms with Gasteiger partial charge < -0.3 is 4.90 Å². The maximum atomic E-state index is 12.1. The Bertz CT molecular complexity index is 443. The number of ketones is 1. The van der Waals surface area contributed by atoms with Gasteiger partial charge in [-0.2, -0.15) is 18.3 Å². The highest BCUT2D eigenvalue weighted by molar-refractivity contribution is 9.10. The highest BCUT2D eigenvalue weighted by Crippen LogP contribution is 2.24. The zero-order chi connectivity index (χ0) is 14.6. The zero-order valence-electron chi connectivity index (χ0n) is 10.7. The number of carbonyl (C=O) groups is 1. The molecule has 1 heterocycles. The Morgan fingerprint density at radius 3 is 2.63 bits per heavy atom. The van der Waals surface area contributed by atoms with Gasteiger partial charge in [-0.1, -0.05) is 0 Å². The van der Waals surface area contributed by atoms with Crippen molar-refractivity contribution in [2.45, 2.75) is 25.6 Å². The van der Waals surface area contributed by atoms with Crippen LogP contribution >= 0.6 is 15.9 Å². The van der Waals surface area contributed by atoms with Crippen LogP contribution in [0.25, 0.3) is 0 Å². The van der Waals surface area contributed by atoms with Crippen molar-refractivity contribution in [3.05, 3.63) is 16.4 Å². The number of likely N-dealkylation sites (N-methyl/N-ethyl adjacent to an activating group) is 1. The predicted molar refractivity (Wildman–Crippen MR) is 68.1 cm³/mol. The van der Waals surface area contributed by atoms with Gasteiger partial charge in [-0.25, -0.2) is 0 Å². The molecule has 19 heavy (non-hydrogen) atoms. The summed E-state index contributed by atoms with van der Waals surface area (Å²) in [5.41, 5.74) is 0.200. The molecule has 0 saturated heterocycles. The Labute approximate surface area is 117 Å². The fourth-order valence-electron chi connectivity index (χ4n) is 1.48. The molecular weight excluding hydrogens is 327 g/mol. The van der Waals surface area contributed by atoms with E-state index in [1.54, 1.807) is 0 Å². The fraction of sp³-hybridized carbons (Fsp3) is 0.636. The minimum absolute atomic E-state index is 0.200. The van der Waals surface area contributed by atoms with Crippen LogP contribution in [0.4, 0.5) is 13.2 Å². The topological polar surface area (TPSA) is 38.1 Å². The first-order chi connectivity index (χ1) is 8.70. The number of hydrogen-bond acceptors (Lipinski definition) is 3. The van der Waals surface area contributed by atoms with Crippen LogP contribution in [0, 0.1) is 0 Å². The molecule has 1 aromatic rings. The Kier molecular flexibility index (Phi) is 5.54. The summed E-state index contributed by atoms with van der Waals surface area (Å²) in [4.78, 5) is 13.7. The van der Waals surface area contributed by atoms with Crippen molar-refractivity contribution >= 4 is 21.7 Å². The van der Waals surface area contributed by atoms with Crippen LogP contribution in [0.15, 0.2) is 10.7 Å². The van der Waals surface area contributed by atoms with E-state index in [-0.39, 0.29) is 5.69 Å². The molecule has 1 aromatic heterocycles. The van der Waals surface area contributed by atoms with E-state index in [4.69, 9.17) is 0 Å². The monoisotopic (exact) mass is 341 g/mol. The van der Waals surface area contributed by atoms with Crippen molar-refractivity contribution in [2.24, 2.45) is 0 Å². The summed E-state index contributed by atoms with van der Waals surface area (Å²) >= 11 is 3.15. The molecule has 0 atom stereocenters. The summed E-state index contributed by atoms with van der Waals surface area (Å²) in [6.07, 6.45) is -4.57. The molecule has 0 saturated carbocycles. The second kappa shape index (κ2) is 6.51. The first-order valence-electron chi connectivity index (χ1n) is 5.66. The third-order valence-electron chi connectivity index (χ3n) is 2.45. The molecule has 0 aromatic carbocycles. The van der Waals surface area contributed by atoms with Crippen LogP contribution in [0.1, 0.15) is 23.3 Å². The standard InChI is InChI=1S/C11H15BrF3N3O/c1-17(2)5-6-18-10(8(12)7-16-18)9(19)3-4-11(13,14)15/h7H,3-6H2,1-2H3. The van der Waals surface area contributed by atoms with Crippen LogP contribution < -0.4 is 0 Å². The van der Waals surface area contributed by atoms with Gasteiger partial charge in [0, 0.05) is 13.0 Å². The zero-order valence-corrected chi connectivity index (χ0v) is 12.3. The Morgan fingerprint density at radius 1 is 1.47 bits per heavy atom. The molecule has 0 fully saturated rings. The van der Waals surface area contributed by atoms with Gasteiger partial charge in [0.1, 0.15) is 5.69 Å². The summed E-state index contributed by atoms with van der Waals surface area (Å²) < 4.78 is 38.2. The quantitative estimate of drug-likeness (QED) is 0.746. The van der Waals surface area contributed by atoms with E-state index in [2.05, 4.69) is 21.0 Å². The maximum absolute atomic E-state index is 12.1. The third-order valence-corrected chi connectivity index (χ3v) is 3.03. The lowest BCUT2D eigenvalue weighted by molar-refractivity contribution is -0.133. The molecule has 4 nitrogen and oxygen atoms in total. The number of rotatable bonds is 6. The summed E-state index contributed by atoms with van der Waals surface area (Å²) in [5.74, 6) is -0.555. The molecule has 108 valence electrons. The smallest absolute Gasteiger partial charge is 0.308 e. The SMILES string of the molecule is CN(C)CCn1ncc(Br)c1C(=O)CCC(F)(F)F. The Balaban J connectivity index is 2.75. The van der Waals surface area contributed by atoms with Crippen molar-refractivity contribution in [2.75, 3.05) is 20.6 Å². The van der Waals surface area contributed by atoms with Gasteiger partial charge >= 0.3 is 6.18 Å². The second-order valence-corrected chi connectivity index (χ2v) is 5.26. The van der Waals surface area contributed by atoms with Crippen molar-refractivity contribution in [3.63, 3.8) is 0 Å². The first kappa shape index (κ1) is 16.2. The number of halogens is 4. The Morgan fingerprint density at radius 2 is 2.11 bits per heavy atom. The number of nitrogens with zero attached hydrogens (tertiary/aromatic N) is 3. The van der Waals surface area contributed by atoms with Gasteiger partial charge in [0.2, 0.25) is 0 Å². The van der Waals surface area contributed by atoms with Crippen molar-refractivity contribution in [3.8, 4) is 0 Å². The van der Waals surface area contributed by atoms with E-state index in [1.165, 1.54) is 10.9 Å². The fourth-order valence-corrected chi connectivity index (χ4v) is 1.99. The van der Waals surface area contributed by atoms with Gasteiger partial charge in [-0.05, 0) is 30.0 Å². The van der Waals surface area contributed by atoms with Crippen LogP contribution in [0.2, 0.25) is 0 Å². The highest BCUT2D eigenvalue weighted by Gasteiger charge is 2.29. The number of hydrogen-bond donors (Lipinski definition) is 0. The van der Waals surface area contributed by atoms with Gasteiger partial charge in [0.25, 0.3) is 0 Å². The molecule has 1 rings (SSSR count). The van der Waals surface area contributed by atoms with Crippen LogP contribution in [-0.4, -0.2) is 47.3 Å². The summed E-state index contributed by atoms with van der Waals surface area (Å²) in [7, 11) is 3.73. The maximum Gasteiger partial charge on any atom is 0.389 e. The van der Waals surface area contributed by atoms with Gasteiger partial charge in [0.15, 0.2) is 5.78 Å². The van der Waals surface area contributed by atoms with Gasteiger partial charge in [-0.15, -0.1) is 0 Å². The minimum Gasteiger partial charge on any atom is -0.308 e.